The Labute approximate surface area is 347 Å². The number of nitrogens with zero attached hydrogens (tertiary/aromatic N) is 4. The highest BCUT2D eigenvalue weighted by atomic mass is 32.1. The molecule has 5 heterocycles. The second-order valence-corrected chi connectivity index (χ2v) is 17.5. The number of allylic oxidation sites excluding steroid dienone is 8. The SMILES string of the molecule is CC1c2c(sc3ccc(-n4c5ccc(-c6ccccc6C6=NC=CC7CC67)cc5c5cc(C6C=CC=CC(c7ccccn7)=C6)ccc54)cc23)C=CC1c1cccnc1. The average molecular weight is 777 g/mol. The van der Waals surface area contributed by atoms with Crippen LogP contribution in [0.5, 0.6) is 0 Å². The summed E-state index contributed by atoms with van der Waals surface area (Å²) in [5.41, 5.74) is 14.6. The van der Waals surface area contributed by atoms with E-state index < -0.39 is 0 Å². The molecular formula is C54H40N4S. The van der Waals surface area contributed by atoms with Crippen LogP contribution in [0.25, 0.3) is 60.4 Å². The van der Waals surface area contributed by atoms with Gasteiger partial charge in [-0.25, -0.2) is 0 Å². The largest absolute Gasteiger partial charge is 0.309 e. The van der Waals surface area contributed by atoms with E-state index in [1.807, 2.05) is 42.2 Å². The van der Waals surface area contributed by atoms with Gasteiger partial charge in [0.2, 0.25) is 0 Å². The molecule has 5 unspecified atom stereocenters. The van der Waals surface area contributed by atoms with Crippen molar-refractivity contribution in [2.75, 3.05) is 0 Å². The van der Waals surface area contributed by atoms with Crippen molar-refractivity contribution in [3.63, 3.8) is 0 Å². The van der Waals surface area contributed by atoms with Gasteiger partial charge in [-0.05, 0) is 124 Å². The van der Waals surface area contributed by atoms with Crippen molar-refractivity contribution in [1.29, 1.82) is 0 Å². The molecule has 12 rings (SSSR count). The second-order valence-electron chi connectivity index (χ2n) is 16.4. The zero-order valence-electron chi connectivity index (χ0n) is 32.6. The van der Waals surface area contributed by atoms with Crippen molar-refractivity contribution in [3.8, 4) is 16.8 Å². The standard InChI is InChI=1S/C54H40N4S/c1-33-41(39-11-8-24-55-32-39)18-22-52-53(33)47-31-40(17-21-51(47)59-52)58-49-19-15-35(34-9-2-3-10-38(27-34)48-14-6-7-25-56-48)28-45(49)46-30-36(16-20-50(46)58)42-12-4-5-13-43(42)54-44-29-37(44)23-26-57-54/h2-28,30-34,37,41,44H,29H2,1H3. The summed E-state index contributed by atoms with van der Waals surface area (Å²) < 4.78 is 3.81. The van der Waals surface area contributed by atoms with Crippen LogP contribution >= 0.6 is 11.3 Å². The third-order valence-electron chi connectivity index (χ3n) is 13.0. The van der Waals surface area contributed by atoms with Gasteiger partial charge in [-0.1, -0.05) is 98.0 Å². The number of fused-ring (bicyclic) bond motifs is 7. The molecular weight excluding hydrogens is 737 g/mol. The molecule has 0 amide bonds. The Morgan fingerprint density at radius 2 is 1.59 bits per heavy atom. The van der Waals surface area contributed by atoms with Crippen molar-refractivity contribution >= 4 is 60.6 Å². The molecule has 5 heteroatoms. The second kappa shape index (κ2) is 13.7. The van der Waals surface area contributed by atoms with Crippen LogP contribution in [-0.2, 0) is 0 Å². The highest BCUT2D eigenvalue weighted by Gasteiger charge is 2.41. The first kappa shape index (κ1) is 34.4. The number of aliphatic imine (C=N–C) groups is 1. The van der Waals surface area contributed by atoms with E-state index in [9.17, 15) is 0 Å². The molecule has 59 heavy (non-hydrogen) atoms. The van der Waals surface area contributed by atoms with E-state index in [1.54, 1.807) is 0 Å². The monoisotopic (exact) mass is 776 g/mol. The number of rotatable bonds is 6. The summed E-state index contributed by atoms with van der Waals surface area (Å²) in [7, 11) is 0. The van der Waals surface area contributed by atoms with Gasteiger partial charge in [0.05, 0.1) is 22.4 Å². The number of aromatic nitrogens is 3. The van der Waals surface area contributed by atoms with Gasteiger partial charge in [0.1, 0.15) is 0 Å². The fourth-order valence-corrected chi connectivity index (χ4v) is 11.1. The molecule has 1 saturated carbocycles. The minimum atomic E-state index is 0.0913. The van der Waals surface area contributed by atoms with E-state index in [0.29, 0.717) is 17.8 Å². The van der Waals surface area contributed by atoms with E-state index in [0.717, 1.165) is 11.3 Å². The summed E-state index contributed by atoms with van der Waals surface area (Å²) in [5, 5.41) is 3.83. The van der Waals surface area contributed by atoms with Gasteiger partial charge in [0.15, 0.2) is 0 Å². The van der Waals surface area contributed by atoms with E-state index in [-0.39, 0.29) is 11.8 Å². The van der Waals surface area contributed by atoms with E-state index >= 15 is 0 Å². The van der Waals surface area contributed by atoms with Crippen molar-refractivity contribution in [2.45, 2.75) is 31.1 Å². The highest BCUT2D eigenvalue weighted by Crippen LogP contribution is 2.49. The quantitative estimate of drug-likeness (QED) is 0.169. The molecule has 4 aromatic carbocycles. The fraction of sp³-hybridized carbons (Fsp3) is 0.130. The molecule has 0 bridgehead atoms. The van der Waals surface area contributed by atoms with Gasteiger partial charge in [0.25, 0.3) is 0 Å². The van der Waals surface area contributed by atoms with Crippen LogP contribution in [0.4, 0.5) is 0 Å². The van der Waals surface area contributed by atoms with Crippen molar-refractivity contribution in [2.24, 2.45) is 16.8 Å². The predicted molar refractivity (Wildman–Crippen MR) is 247 cm³/mol. The Morgan fingerprint density at radius 3 is 2.47 bits per heavy atom. The highest BCUT2D eigenvalue weighted by molar-refractivity contribution is 7.20. The first-order chi connectivity index (χ1) is 29.2. The number of pyridine rings is 2. The van der Waals surface area contributed by atoms with Gasteiger partial charge in [-0.15, -0.1) is 11.3 Å². The zero-order chi connectivity index (χ0) is 39.0. The summed E-state index contributed by atoms with van der Waals surface area (Å²) in [4.78, 5) is 15.5. The Morgan fingerprint density at radius 1 is 0.712 bits per heavy atom. The normalized spacial score (nSPS) is 21.7. The van der Waals surface area contributed by atoms with E-state index in [2.05, 4.69) is 173 Å². The van der Waals surface area contributed by atoms with Gasteiger partial charge >= 0.3 is 0 Å². The van der Waals surface area contributed by atoms with Crippen LogP contribution in [-0.4, -0.2) is 20.2 Å². The summed E-state index contributed by atoms with van der Waals surface area (Å²) in [6, 6.07) is 40.5. The molecule has 0 spiro atoms. The predicted octanol–water partition coefficient (Wildman–Crippen LogP) is 13.6. The number of hydrogen-bond donors (Lipinski definition) is 0. The molecule has 8 aromatic rings. The topological polar surface area (TPSA) is 43.1 Å². The van der Waals surface area contributed by atoms with Gasteiger partial charge in [-0.3, -0.25) is 15.0 Å². The molecule has 1 fully saturated rings. The number of thiophene rings is 1. The number of benzene rings is 4. The molecule has 4 aliphatic rings. The minimum absolute atomic E-state index is 0.0913. The van der Waals surface area contributed by atoms with Gasteiger partial charge < -0.3 is 4.57 Å². The smallest absolute Gasteiger partial charge is 0.0699 e. The Hall–Kier alpha value is -6.69. The Bertz CT molecular complexity index is 3170. The molecule has 0 N–H and O–H groups in total. The van der Waals surface area contributed by atoms with E-state index in [1.165, 1.54) is 88.0 Å². The molecule has 0 saturated heterocycles. The molecule has 4 aromatic heterocycles. The van der Waals surface area contributed by atoms with Crippen LogP contribution in [0.15, 0.2) is 182 Å². The molecule has 3 aliphatic carbocycles. The van der Waals surface area contributed by atoms with Crippen LogP contribution in [0, 0.1) is 11.8 Å². The maximum absolute atomic E-state index is 4.95. The minimum Gasteiger partial charge on any atom is -0.309 e. The fourth-order valence-electron chi connectivity index (χ4n) is 9.92. The Kier molecular flexibility index (Phi) is 7.99. The van der Waals surface area contributed by atoms with Crippen LogP contribution in [0.2, 0.25) is 0 Å². The Balaban J connectivity index is 1.04. The van der Waals surface area contributed by atoms with Crippen LogP contribution in [0.3, 0.4) is 0 Å². The van der Waals surface area contributed by atoms with Crippen LogP contribution in [0.1, 0.15) is 63.9 Å². The number of hydrogen-bond acceptors (Lipinski definition) is 4. The lowest BCUT2D eigenvalue weighted by atomic mass is 9.79. The molecule has 282 valence electrons. The van der Waals surface area contributed by atoms with Crippen molar-refractivity contribution in [3.05, 3.63) is 209 Å². The molecule has 5 atom stereocenters. The lowest BCUT2D eigenvalue weighted by Gasteiger charge is -2.25. The molecule has 1 aliphatic heterocycles. The van der Waals surface area contributed by atoms with E-state index in [4.69, 9.17) is 4.99 Å². The van der Waals surface area contributed by atoms with Gasteiger partial charge in [0, 0.05) is 74.1 Å². The summed E-state index contributed by atoms with van der Waals surface area (Å²) >= 11 is 1.90. The zero-order valence-corrected chi connectivity index (χ0v) is 33.4. The molecule has 0 radical (unpaired) electrons. The molecule has 4 nitrogen and oxygen atoms in total. The van der Waals surface area contributed by atoms with Gasteiger partial charge in [-0.2, -0.15) is 0 Å². The first-order valence-electron chi connectivity index (χ1n) is 20.7. The van der Waals surface area contributed by atoms with Crippen LogP contribution < -0.4 is 0 Å². The maximum atomic E-state index is 4.95. The summed E-state index contributed by atoms with van der Waals surface area (Å²) in [6.45, 7) is 2.38. The van der Waals surface area contributed by atoms with Crippen molar-refractivity contribution in [1.82, 2.24) is 14.5 Å². The third-order valence-corrected chi connectivity index (χ3v) is 14.1. The maximum Gasteiger partial charge on any atom is 0.0699 e. The average Bonchev–Trinajstić information content (AvgIpc) is 3.98. The lowest BCUT2D eigenvalue weighted by Crippen LogP contribution is -2.10. The third kappa shape index (κ3) is 5.75. The van der Waals surface area contributed by atoms with Crippen molar-refractivity contribution < 1.29 is 0 Å². The lowest BCUT2D eigenvalue weighted by molar-refractivity contribution is 0.675. The summed E-state index contributed by atoms with van der Waals surface area (Å²) in [5.74, 6) is 1.85. The summed E-state index contributed by atoms with van der Waals surface area (Å²) in [6.07, 6.45) is 27.0. The first-order valence-corrected chi connectivity index (χ1v) is 21.5.